The summed E-state index contributed by atoms with van der Waals surface area (Å²) in [7, 11) is 0. The predicted octanol–water partition coefficient (Wildman–Crippen LogP) is 3.76. The third-order valence-corrected chi connectivity index (χ3v) is 4.67. The van der Waals surface area contributed by atoms with Gasteiger partial charge in [-0.15, -0.1) is 0 Å². The molecule has 0 saturated carbocycles. The molecule has 2 aromatic carbocycles. The second-order valence-corrected chi connectivity index (χ2v) is 6.19. The third-order valence-electron chi connectivity index (χ3n) is 4.67. The lowest BCUT2D eigenvalue weighted by molar-refractivity contribution is 0.171. The molecule has 25 heavy (non-hydrogen) atoms. The standard InChI is InChI=1S/C20H17N3O2/c1-2-4-15-13(3-1)5-7-16-19(15)21-12-22-20(16)23-14-6-8-17-18(11-14)25-10-9-24-17/h1-4,6,8,11-12H,5,7,9-10H2,(H,21,22,23). The fourth-order valence-electron chi connectivity index (χ4n) is 3.48. The average Bonchev–Trinajstić information content (AvgIpc) is 2.68. The molecule has 5 nitrogen and oxygen atoms in total. The maximum Gasteiger partial charge on any atom is 0.163 e. The molecule has 0 amide bonds. The zero-order valence-electron chi connectivity index (χ0n) is 13.7. The van der Waals surface area contributed by atoms with Crippen LogP contribution in [0.25, 0.3) is 11.3 Å². The number of nitrogens with zero attached hydrogens (tertiary/aromatic N) is 2. The Hall–Kier alpha value is -3.08. The van der Waals surface area contributed by atoms with Gasteiger partial charge in [0.25, 0.3) is 0 Å². The molecular weight excluding hydrogens is 314 g/mol. The minimum absolute atomic E-state index is 0.580. The lowest BCUT2D eigenvalue weighted by Crippen LogP contribution is -2.15. The van der Waals surface area contributed by atoms with Gasteiger partial charge in [0.15, 0.2) is 11.5 Å². The molecule has 0 radical (unpaired) electrons. The van der Waals surface area contributed by atoms with Crippen LogP contribution in [0.1, 0.15) is 11.1 Å². The third kappa shape index (κ3) is 2.48. The SMILES string of the molecule is c1ccc2c(c1)CCc1c(Nc3ccc4c(c3)OCCO4)ncnc1-2. The van der Waals surface area contributed by atoms with E-state index in [0.717, 1.165) is 47.1 Å². The van der Waals surface area contributed by atoms with Crippen molar-refractivity contribution in [2.24, 2.45) is 0 Å². The van der Waals surface area contributed by atoms with Crippen molar-refractivity contribution >= 4 is 11.5 Å². The first kappa shape index (κ1) is 14.3. The molecule has 5 rings (SSSR count). The van der Waals surface area contributed by atoms with E-state index in [4.69, 9.17) is 9.47 Å². The van der Waals surface area contributed by atoms with E-state index in [1.54, 1.807) is 6.33 Å². The van der Waals surface area contributed by atoms with Crippen molar-refractivity contribution in [3.8, 4) is 22.8 Å². The van der Waals surface area contributed by atoms with Gasteiger partial charge >= 0.3 is 0 Å². The van der Waals surface area contributed by atoms with Gasteiger partial charge in [-0.3, -0.25) is 0 Å². The maximum atomic E-state index is 5.66. The van der Waals surface area contributed by atoms with Crippen molar-refractivity contribution in [3.63, 3.8) is 0 Å². The molecule has 1 aliphatic heterocycles. The van der Waals surface area contributed by atoms with Gasteiger partial charge in [-0.1, -0.05) is 24.3 Å². The molecule has 3 aromatic rings. The van der Waals surface area contributed by atoms with Crippen LogP contribution in [0.3, 0.4) is 0 Å². The molecule has 0 saturated heterocycles. The Kier molecular flexibility index (Phi) is 3.30. The van der Waals surface area contributed by atoms with Crippen molar-refractivity contribution in [3.05, 3.63) is 59.9 Å². The Morgan fingerprint density at radius 2 is 1.76 bits per heavy atom. The highest BCUT2D eigenvalue weighted by atomic mass is 16.6. The van der Waals surface area contributed by atoms with Gasteiger partial charge in [0.05, 0.1) is 5.69 Å². The van der Waals surface area contributed by atoms with Crippen LogP contribution in [0.2, 0.25) is 0 Å². The highest BCUT2D eigenvalue weighted by Crippen LogP contribution is 2.37. The van der Waals surface area contributed by atoms with Crippen LogP contribution in [0.4, 0.5) is 11.5 Å². The topological polar surface area (TPSA) is 56.3 Å². The van der Waals surface area contributed by atoms with E-state index < -0.39 is 0 Å². The maximum absolute atomic E-state index is 5.66. The molecule has 2 aliphatic rings. The molecule has 0 atom stereocenters. The van der Waals surface area contributed by atoms with Crippen LogP contribution in [0.15, 0.2) is 48.8 Å². The first-order valence-corrected chi connectivity index (χ1v) is 8.47. The number of aryl methyl sites for hydroxylation is 1. The molecule has 0 spiro atoms. The van der Waals surface area contributed by atoms with Crippen LogP contribution in [0.5, 0.6) is 11.5 Å². The fraction of sp³-hybridized carbons (Fsp3) is 0.200. The number of aromatic nitrogens is 2. The van der Waals surface area contributed by atoms with Crippen LogP contribution >= 0.6 is 0 Å². The zero-order chi connectivity index (χ0) is 16.6. The van der Waals surface area contributed by atoms with E-state index in [1.807, 2.05) is 18.2 Å². The van der Waals surface area contributed by atoms with Gasteiger partial charge in [0.2, 0.25) is 0 Å². The Labute approximate surface area is 145 Å². The summed E-state index contributed by atoms with van der Waals surface area (Å²) in [6.45, 7) is 1.18. The van der Waals surface area contributed by atoms with Crippen molar-refractivity contribution in [2.45, 2.75) is 12.8 Å². The summed E-state index contributed by atoms with van der Waals surface area (Å²) in [6.07, 6.45) is 3.56. The number of ether oxygens (including phenoxy) is 2. The van der Waals surface area contributed by atoms with Gasteiger partial charge < -0.3 is 14.8 Å². The minimum atomic E-state index is 0.580. The monoisotopic (exact) mass is 331 g/mol. The molecule has 2 heterocycles. The Balaban J connectivity index is 1.52. The van der Waals surface area contributed by atoms with Crippen LogP contribution < -0.4 is 14.8 Å². The number of anilines is 2. The van der Waals surface area contributed by atoms with Gasteiger partial charge in [-0.2, -0.15) is 0 Å². The summed E-state index contributed by atoms with van der Waals surface area (Å²) < 4.78 is 11.2. The van der Waals surface area contributed by atoms with E-state index in [-0.39, 0.29) is 0 Å². The van der Waals surface area contributed by atoms with E-state index in [0.29, 0.717) is 13.2 Å². The largest absolute Gasteiger partial charge is 0.486 e. The Bertz CT molecular complexity index is 955. The number of fused-ring (bicyclic) bond motifs is 4. The zero-order valence-corrected chi connectivity index (χ0v) is 13.7. The first-order valence-electron chi connectivity index (χ1n) is 8.47. The number of hydrogen-bond donors (Lipinski definition) is 1. The van der Waals surface area contributed by atoms with Crippen LogP contribution in [-0.2, 0) is 12.8 Å². The lowest BCUT2D eigenvalue weighted by Gasteiger charge is -2.22. The summed E-state index contributed by atoms with van der Waals surface area (Å²) in [5, 5.41) is 3.43. The molecule has 0 unspecified atom stereocenters. The Morgan fingerprint density at radius 1 is 0.880 bits per heavy atom. The first-order chi connectivity index (χ1) is 12.4. The molecule has 0 bridgehead atoms. The quantitative estimate of drug-likeness (QED) is 0.775. The van der Waals surface area contributed by atoms with Crippen LogP contribution in [-0.4, -0.2) is 23.2 Å². The summed E-state index contributed by atoms with van der Waals surface area (Å²) in [4.78, 5) is 9.02. The Morgan fingerprint density at radius 3 is 2.72 bits per heavy atom. The molecule has 1 aromatic heterocycles. The predicted molar refractivity (Wildman–Crippen MR) is 95.6 cm³/mol. The van der Waals surface area contributed by atoms with E-state index in [1.165, 1.54) is 11.1 Å². The van der Waals surface area contributed by atoms with Crippen LogP contribution in [0, 0.1) is 0 Å². The molecule has 1 N–H and O–H groups in total. The van der Waals surface area contributed by atoms with Crippen molar-refractivity contribution in [1.82, 2.24) is 9.97 Å². The van der Waals surface area contributed by atoms with E-state index >= 15 is 0 Å². The summed E-state index contributed by atoms with van der Waals surface area (Å²) >= 11 is 0. The highest BCUT2D eigenvalue weighted by molar-refractivity contribution is 5.75. The second kappa shape index (κ2) is 5.77. The van der Waals surface area contributed by atoms with Crippen molar-refractivity contribution in [1.29, 1.82) is 0 Å². The van der Waals surface area contributed by atoms with Gasteiger partial charge in [-0.05, 0) is 30.5 Å². The van der Waals surface area contributed by atoms with E-state index in [2.05, 4.69) is 39.6 Å². The normalized spacial score (nSPS) is 14.4. The number of hydrogen-bond acceptors (Lipinski definition) is 5. The van der Waals surface area contributed by atoms with E-state index in [9.17, 15) is 0 Å². The second-order valence-electron chi connectivity index (χ2n) is 6.19. The lowest BCUT2D eigenvalue weighted by atomic mass is 9.89. The van der Waals surface area contributed by atoms with Gasteiger partial charge in [-0.25, -0.2) is 9.97 Å². The van der Waals surface area contributed by atoms with Crippen molar-refractivity contribution < 1.29 is 9.47 Å². The summed E-state index contributed by atoms with van der Waals surface area (Å²) in [5.41, 5.74) is 5.67. The number of benzene rings is 2. The fourth-order valence-corrected chi connectivity index (χ4v) is 3.48. The number of nitrogens with one attached hydrogen (secondary N) is 1. The van der Waals surface area contributed by atoms with Crippen molar-refractivity contribution in [2.75, 3.05) is 18.5 Å². The van der Waals surface area contributed by atoms with Gasteiger partial charge in [0, 0.05) is 22.9 Å². The summed E-state index contributed by atoms with van der Waals surface area (Å²) in [6, 6.07) is 14.3. The highest BCUT2D eigenvalue weighted by Gasteiger charge is 2.21. The molecule has 124 valence electrons. The average molecular weight is 331 g/mol. The molecule has 1 aliphatic carbocycles. The molecule has 5 heteroatoms. The van der Waals surface area contributed by atoms with Gasteiger partial charge in [0.1, 0.15) is 25.4 Å². The molecular formula is C20H17N3O2. The minimum Gasteiger partial charge on any atom is -0.486 e. The molecule has 0 fully saturated rings. The summed E-state index contributed by atoms with van der Waals surface area (Å²) in [5.74, 6) is 2.41. The smallest absolute Gasteiger partial charge is 0.163 e. The number of rotatable bonds is 2.